The van der Waals surface area contributed by atoms with Crippen LogP contribution in [0.25, 0.3) is 10.2 Å². The zero-order valence-electron chi connectivity index (χ0n) is 26.8. The van der Waals surface area contributed by atoms with Crippen LogP contribution in [-0.2, 0) is 29.1 Å². The number of hydrazine groups is 1. The van der Waals surface area contributed by atoms with Crippen molar-refractivity contribution in [2.45, 2.75) is 52.0 Å². The Kier molecular flexibility index (Phi) is 10.8. The average molecular weight is 660 g/mol. The molecule has 0 unspecified atom stereocenters. The molecule has 0 aliphatic carbocycles. The number of nitrogens with one attached hydrogen (secondary N) is 1. The van der Waals surface area contributed by atoms with Gasteiger partial charge >= 0.3 is 6.03 Å². The van der Waals surface area contributed by atoms with Gasteiger partial charge in [0.15, 0.2) is 5.13 Å². The van der Waals surface area contributed by atoms with E-state index in [0.717, 1.165) is 39.1 Å². The van der Waals surface area contributed by atoms with Gasteiger partial charge in [0.2, 0.25) is 12.3 Å². The van der Waals surface area contributed by atoms with E-state index in [1.807, 2.05) is 68.4 Å². The molecular weight excluding hydrogens is 618 g/mol. The van der Waals surface area contributed by atoms with Gasteiger partial charge in [-0.3, -0.25) is 14.6 Å². The molecule has 4 N–H and O–H groups in total. The van der Waals surface area contributed by atoms with Crippen LogP contribution < -0.4 is 15.8 Å². The van der Waals surface area contributed by atoms with E-state index in [1.54, 1.807) is 39.1 Å². The first kappa shape index (κ1) is 33.5. The van der Waals surface area contributed by atoms with Gasteiger partial charge in [-0.25, -0.2) is 9.78 Å². The number of phenolic OH excluding ortho intramolecular Hbond substituents is 1. The number of para-hydroxylation sites is 1. The summed E-state index contributed by atoms with van der Waals surface area (Å²) >= 11 is 1.38. The van der Waals surface area contributed by atoms with E-state index in [4.69, 9.17) is 10.5 Å². The second kappa shape index (κ2) is 15.1. The highest BCUT2D eigenvalue weighted by Crippen LogP contribution is 2.29. The number of carbonyl (C=O) groups excluding carboxylic acids is 3. The predicted octanol–water partition coefficient (Wildman–Crippen LogP) is 4.19. The van der Waals surface area contributed by atoms with E-state index < -0.39 is 6.17 Å². The third-order valence-electron chi connectivity index (χ3n) is 8.21. The van der Waals surface area contributed by atoms with Crippen molar-refractivity contribution >= 4 is 45.0 Å². The van der Waals surface area contributed by atoms with E-state index in [0.29, 0.717) is 24.5 Å². The van der Waals surface area contributed by atoms with Crippen molar-refractivity contribution in [2.75, 3.05) is 32.5 Å². The van der Waals surface area contributed by atoms with Crippen molar-refractivity contribution in [1.29, 1.82) is 0 Å². The number of hydrogen-bond donors (Lipinski definition) is 3. The van der Waals surface area contributed by atoms with Gasteiger partial charge in [0.1, 0.15) is 17.7 Å². The summed E-state index contributed by atoms with van der Waals surface area (Å²) in [5, 5.41) is 16.6. The van der Waals surface area contributed by atoms with Crippen LogP contribution in [0.3, 0.4) is 0 Å². The molecule has 0 saturated carbocycles. The van der Waals surface area contributed by atoms with Crippen LogP contribution >= 0.6 is 11.3 Å². The molecule has 13 heteroatoms. The summed E-state index contributed by atoms with van der Waals surface area (Å²) in [6.07, 6.45) is 1.32. The van der Waals surface area contributed by atoms with Crippen LogP contribution in [0.2, 0.25) is 0 Å². The molecule has 1 aliphatic heterocycles. The lowest BCUT2D eigenvalue weighted by Crippen LogP contribution is -2.58. The van der Waals surface area contributed by atoms with E-state index >= 15 is 0 Å². The number of phenols is 1. The number of thiazole rings is 1. The van der Waals surface area contributed by atoms with E-state index in [-0.39, 0.29) is 49.9 Å². The fraction of sp³-hybridized carbons (Fsp3) is 0.353. The normalized spacial score (nSPS) is 15.5. The number of nitrogen functional groups attached to an aromatic ring is 1. The number of aromatic nitrogens is 1. The number of rotatable bonds is 14. The van der Waals surface area contributed by atoms with E-state index in [9.17, 15) is 19.5 Å². The quantitative estimate of drug-likeness (QED) is 0.171. The van der Waals surface area contributed by atoms with Gasteiger partial charge in [-0.15, -0.1) is 0 Å². The van der Waals surface area contributed by atoms with Gasteiger partial charge < -0.3 is 30.7 Å². The Labute approximate surface area is 278 Å². The lowest BCUT2D eigenvalue weighted by atomic mass is 10.1. The lowest BCUT2D eigenvalue weighted by molar-refractivity contribution is -0.132. The third kappa shape index (κ3) is 7.92. The number of urea groups is 1. The maximum Gasteiger partial charge on any atom is 0.332 e. The minimum Gasteiger partial charge on any atom is -0.508 e. The molecule has 4 aromatic rings. The Morgan fingerprint density at radius 2 is 1.89 bits per heavy atom. The highest BCUT2D eigenvalue weighted by molar-refractivity contribution is 7.22. The first-order valence-electron chi connectivity index (χ1n) is 15.6. The van der Waals surface area contributed by atoms with Crippen LogP contribution in [0.5, 0.6) is 11.5 Å². The van der Waals surface area contributed by atoms with Crippen molar-refractivity contribution in [3.8, 4) is 11.5 Å². The summed E-state index contributed by atoms with van der Waals surface area (Å²) in [5.41, 5.74) is 9.41. The SMILES string of the molecule is CCCN(C(=O)NCc1ccc(OC)cc1)N1CC(=O)N([C@H](C)Cc2ccc(O)cc2)[C@@H]1CN(C=O)Cc1cccc2sc(N)nc12. The maximum atomic E-state index is 13.8. The summed E-state index contributed by atoms with van der Waals surface area (Å²) in [6, 6.07) is 19.5. The number of aromatic hydroxyl groups is 1. The molecule has 2 atom stereocenters. The van der Waals surface area contributed by atoms with Crippen LogP contribution in [0, 0.1) is 0 Å². The smallest absolute Gasteiger partial charge is 0.332 e. The van der Waals surface area contributed by atoms with Crippen LogP contribution in [0.1, 0.15) is 37.0 Å². The Balaban J connectivity index is 1.42. The molecule has 1 saturated heterocycles. The summed E-state index contributed by atoms with van der Waals surface area (Å²) in [4.78, 5) is 48.0. The molecule has 1 aliphatic rings. The molecule has 1 fully saturated rings. The second-order valence-corrected chi connectivity index (χ2v) is 12.6. The predicted molar refractivity (Wildman–Crippen MR) is 181 cm³/mol. The largest absolute Gasteiger partial charge is 0.508 e. The fourth-order valence-corrected chi connectivity index (χ4v) is 6.75. The number of anilines is 1. The number of nitrogens with zero attached hydrogens (tertiary/aromatic N) is 5. The standard InChI is InChI=1S/C34H41N7O5S/c1-4-16-39(34(45)36-18-25-10-14-28(46-3)15-11-25)40-21-31(44)41(23(2)17-24-8-12-27(43)13-9-24)30(40)20-38(22-42)19-26-6-5-7-29-32(26)37-33(35)47-29/h5-15,22-23,30,43H,4,16-21H2,1-3H3,(H2,35,37)(H,36,45)/t23-,30-/m1/s1. The van der Waals surface area contributed by atoms with Crippen LogP contribution in [-0.4, -0.2) is 87.2 Å². The molecule has 4 amide bonds. The molecule has 3 aromatic carbocycles. The van der Waals surface area contributed by atoms with E-state index in [2.05, 4.69) is 10.3 Å². The number of ether oxygens (including phenoxy) is 1. The number of hydrogen-bond acceptors (Lipinski definition) is 9. The highest BCUT2D eigenvalue weighted by atomic mass is 32.1. The van der Waals surface area contributed by atoms with Crippen LogP contribution in [0.15, 0.2) is 66.7 Å². The van der Waals surface area contributed by atoms with Gasteiger partial charge in [-0.2, -0.15) is 5.01 Å². The Morgan fingerprint density at radius 1 is 1.17 bits per heavy atom. The zero-order valence-corrected chi connectivity index (χ0v) is 27.7. The van der Waals surface area contributed by atoms with Crippen molar-refractivity contribution in [1.82, 2.24) is 30.1 Å². The van der Waals surface area contributed by atoms with Crippen molar-refractivity contribution < 1.29 is 24.2 Å². The number of nitrogens with two attached hydrogens (primary N) is 1. The monoisotopic (exact) mass is 659 g/mol. The molecule has 47 heavy (non-hydrogen) atoms. The molecule has 2 heterocycles. The molecule has 248 valence electrons. The topological polar surface area (TPSA) is 145 Å². The fourth-order valence-electron chi connectivity index (χ4n) is 5.97. The van der Waals surface area contributed by atoms with Crippen LogP contribution in [0.4, 0.5) is 9.93 Å². The van der Waals surface area contributed by atoms with Gasteiger partial charge in [0.05, 0.1) is 30.4 Å². The summed E-state index contributed by atoms with van der Waals surface area (Å²) in [6.45, 7) is 4.97. The number of methoxy groups -OCH3 is 1. The maximum absolute atomic E-state index is 13.8. The minimum absolute atomic E-state index is 0.0224. The van der Waals surface area contributed by atoms with Crippen molar-refractivity contribution in [3.05, 3.63) is 83.4 Å². The summed E-state index contributed by atoms with van der Waals surface area (Å²) < 4.78 is 6.17. The number of fused-ring (bicyclic) bond motifs is 1. The summed E-state index contributed by atoms with van der Waals surface area (Å²) in [7, 11) is 1.60. The average Bonchev–Trinajstić information content (AvgIpc) is 3.61. The molecule has 12 nitrogen and oxygen atoms in total. The second-order valence-electron chi connectivity index (χ2n) is 11.6. The number of carbonyl (C=O) groups is 3. The van der Waals surface area contributed by atoms with Gasteiger partial charge in [-0.05, 0) is 66.8 Å². The Bertz CT molecular complexity index is 1680. The number of benzene rings is 3. The van der Waals surface area contributed by atoms with Gasteiger partial charge in [0.25, 0.3) is 0 Å². The Morgan fingerprint density at radius 3 is 2.57 bits per heavy atom. The van der Waals surface area contributed by atoms with Crippen molar-refractivity contribution in [3.63, 3.8) is 0 Å². The lowest BCUT2D eigenvalue weighted by Gasteiger charge is -2.40. The molecule has 0 spiro atoms. The zero-order chi connectivity index (χ0) is 33.5. The highest BCUT2D eigenvalue weighted by Gasteiger charge is 2.45. The summed E-state index contributed by atoms with van der Waals surface area (Å²) in [5.74, 6) is 0.740. The molecule has 5 rings (SSSR count). The molecular formula is C34H41N7O5S. The van der Waals surface area contributed by atoms with Crippen molar-refractivity contribution in [2.24, 2.45) is 0 Å². The number of amides is 4. The first-order chi connectivity index (χ1) is 22.7. The van der Waals surface area contributed by atoms with Gasteiger partial charge in [-0.1, -0.05) is 54.7 Å². The Hall–Kier alpha value is -4.88. The van der Waals surface area contributed by atoms with E-state index in [1.165, 1.54) is 11.3 Å². The minimum atomic E-state index is -0.627. The third-order valence-corrected chi connectivity index (χ3v) is 9.06. The first-order valence-corrected chi connectivity index (χ1v) is 16.4. The molecule has 0 radical (unpaired) electrons. The molecule has 0 bridgehead atoms. The molecule has 1 aromatic heterocycles. The van der Waals surface area contributed by atoms with Gasteiger partial charge in [0, 0.05) is 25.7 Å².